The summed E-state index contributed by atoms with van der Waals surface area (Å²) in [5.74, 6) is -3.82. The Morgan fingerprint density at radius 2 is 1.60 bits per heavy atom. The number of hydrogen-bond donors (Lipinski definition) is 1. The van der Waals surface area contributed by atoms with Gasteiger partial charge in [-0.25, -0.2) is 22.6 Å². The van der Waals surface area contributed by atoms with Gasteiger partial charge in [-0.3, -0.25) is 0 Å². The van der Waals surface area contributed by atoms with Gasteiger partial charge in [0.15, 0.2) is 34.8 Å². The molecule has 2 aromatic rings. The normalized spacial score (nSPS) is 13.7. The quantitative estimate of drug-likeness (QED) is 0.543. The molecule has 1 heterocycles. The number of anilines is 1. The van der Waals surface area contributed by atoms with Crippen LogP contribution in [-0.4, -0.2) is 25.1 Å². The molecule has 0 atom stereocenters. The van der Waals surface area contributed by atoms with E-state index in [-0.39, 0.29) is 23.8 Å². The Bertz CT molecular complexity index is 1040. The molecule has 3 rings (SSSR count). The van der Waals surface area contributed by atoms with Crippen molar-refractivity contribution in [3.05, 3.63) is 77.1 Å². The maximum atomic E-state index is 14.1. The zero-order chi connectivity index (χ0) is 22.0. The fourth-order valence-corrected chi connectivity index (χ4v) is 2.87. The Morgan fingerprint density at radius 3 is 2.20 bits per heavy atom. The number of nitrogens with one attached hydrogen (secondary N) is 1. The number of methoxy groups -OCH3 is 2. The maximum Gasteiger partial charge on any atom is 0.208 e. The molecule has 0 fully saturated rings. The number of hydrogen-bond acceptors (Lipinski definition) is 5. The fourth-order valence-electron chi connectivity index (χ4n) is 2.87. The lowest BCUT2D eigenvalue weighted by molar-refractivity contribution is 0.355. The molecule has 1 aliphatic heterocycles. The van der Waals surface area contributed by atoms with Gasteiger partial charge in [0.05, 0.1) is 26.5 Å². The molecule has 9 heteroatoms. The van der Waals surface area contributed by atoms with Crippen molar-refractivity contribution in [2.24, 2.45) is 4.99 Å². The van der Waals surface area contributed by atoms with Gasteiger partial charge in [0.1, 0.15) is 0 Å². The topological polar surface area (TPSA) is 46.1 Å². The van der Waals surface area contributed by atoms with E-state index in [0.29, 0.717) is 17.2 Å². The minimum atomic E-state index is -1.57. The molecule has 0 spiro atoms. The SMILES string of the molecule is C=C1N=C(Nc2cc(OC)c(OC)cc2C)N(Cc2cc(F)c(F)c(F)c2)C=C1F. The first-order valence-corrected chi connectivity index (χ1v) is 8.78. The highest BCUT2D eigenvalue weighted by Gasteiger charge is 2.21. The Kier molecular flexibility index (Phi) is 6.00. The molecule has 5 nitrogen and oxygen atoms in total. The third kappa shape index (κ3) is 4.24. The minimum absolute atomic E-state index is 0.0847. The molecule has 0 saturated carbocycles. The van der Waals surface area contributed by atoms with Crippen molar-refractivity contribution in [2.75, 3.05) is 19.5 Å². The van der Waals surface area contributed by atoms with Gasteiger partial charge in [-0.15, -0.1) is 0 Å². The first-order chi connectivity index (χ1) is 14.2. The molecule has 0 saturated heterocycles. The summed E-state index contributed by atoms with van der Waals surface area (Å²) in [6.07, 6.45) is 1.09. The zero-order valence-corrected chi connectivity index (χ0v) is 16.5. The number of nitrogens with zero attached hydrogens (tertiary/aromatic N) is 2. The van der Waals surface area contributed by atoms with Gasteiger partial charge in [0.25, 0.3) is 0 Å². The summed E-state index contributed by atoms with van der Waals surface area (Å²) in [5.41, 5.74) is 1.32. The van der Waals surface area contributed by atoms with Gasteiger partial charge in [-0.2, -0.15) is 0 Å². The molecule has 0 aliphatic carbocycles. The summed E-state index contributed by atoms with van der Waals surface area (Å²) < 4.78 is 65.0. The second kappa shape index (κ2) is 8.48. The number of aliphatic imine (C=N–C) groups is 1. The van der Waals surface area contributed by atoms with E-state index in [4.69, 9.17) is 9.47 Å². The zero-order valence-electron chi connectivity index (χ0n) is 16.5. The van der Waals surface area contributed by atoms with E-state index >= 15 is 0 Å². The summed E-state index contributed by atoms with van der Waals surface area (Å²) in [6.45, 7) is 5.18. The summed E-state index contributed by atoms with van der Waals surface area (Å²) in [7, 11) is 2.99. The van der Waals surface area contributed by atoms with E-state index in [9.17, 15) is 17.6 Å². The largest absolute Gasteiger partial charge is 0.493 e. The number of aryl methyl sites for hydroxylation is 1. The van der Waals surface area contributed by atoms with Crippen molar-refractivity contribution in [2.45, 2.75) is 13.5 Å². The van der Waals surface area contributed by atoms with Gasteiger partial charge >= 0.3 is 0 Å². The number of benzene rings is 2. The van der Waals surface area contributed by atoms with Crippen LogP contribution in [0.4, 0.5) is 23.2 Å². The summed E-state index contributed by atoms with van der Waals surface area (Å²) in [5, 5.41) is 3.04. The van der Waals surface area contributed by atoms with E-state index in [1.807, 2.05) is 6.92 Å². The smallest absolute Gasteiger partial charge is 0.208 e. The number of guanidine groups is 1. The van der Waals surface area contributed by atoms with E-state index in [1.54, 1.807) is 12.1 Å². The van der Waals surface area contributed by atoms with Crippen LogP contribution in [0.25, 0.3) is 0 Å². The first kappa shape index (κ1) is 21.2. The van der Waals surface area contributed by atoms with E-state index in [2.05, 4.69) is 16.9 Å². The molecule has 0 amide bonds. The number of rotatable bonds is 5. The van der Waals surface area contributed by atoms with Crippen molar-refractivity contribution in [3.63, 3.8) is 0 Å². The lowest BCUT2D eigenvalue weighted by Crippen LogP contribution is -2.34. The number of allylic oxidation sites excluding steroid dienone is 1. The van der Waals surface area contributed by atoms with Crippen LogP contribution < -0.4 is 14.8 Å². The maximum absolute atomic E-state index is 14.1. The van der Waals surface area contributed by atoms with Crippen molar-refractivity contribution < 1.29 is 27.0 Å². The van der Waals surface area contributed by atoms with Crippen LogP contribution in [-0.2, 0) is 6.54 Å². The highest BCUT2D eigenvalue weighted by molar-refractivity contribution is 5.97. The molecule has 0 aromatic heterocycles. The summed E-state index contributed by atoms with van der Waals surface area (Å²) in [6, 6.07) is 5.09. The van der Waals surface area contributed by atoms with Gasteiger partial charge < -0.3 is 19.7 Å². The molecule has 30 heavy (non-hydrogen) atoms. The molecule has 1 N–H and O–H groups in total. The predicted octanol–water partition coefficient (Wildman–Crippen LogP) is 5.04. The van der Waals surface area contributed by atoms with Crippen LogP contribution in [0.3, 0.4) is 0 Å². The van der Waals surface area contributed by atoms with Crippen molar-refractivity contribution in [3.8, 4) is 11.5 Å². The van der Waals surface area contributed by atoms with Gasteiger partial charge in [0.2, 0.25) is 5.96 Å². The molecule has 158 valence electrons. The predicted molar refractivity (Wildman–Crippen MR) is 106 cm³/mol. The van der Waals surface area contributed by atoms with Crippen molar-refractivity contribution >= 4 is 11.6 Å². The molecule has 0 unspecified atom stereocenters. The van der Waals surface area contributed by atoms with Crippen molar-refractivity contribution in [1.82, 2.24) is 4.90 Å². The summed E-state index contributed by atoms with van der Waals surface area (Å²) in [4.78, 5) is 5.40. The summed E-state index contributed by atoms with van der Waals surface area (Å²) >= 11 is 0. The number of ether oxygens (including phenoxy) is 2. The lowest BCUT2D eigenvalue weighted by Gasteiger charge is -2.27. The molecule has 1 aliphatic rings. The second-order valence-electron chi connectivity index (χ2n) is 6.51. The average Bonchev–Trinajstić information content (AvgIpc) is 2.70. The monoisotopic (exact) mass is 421 g/mol. The minimum Gasteiger partial charge on any atom is -0.493 e. The van der Waals surface area contributed by atoms with Crippen LogP contribution in [0.15, 0.2) is 53.6 Å². The van der Waals surface area contributed by atoms with Crippen LogP contribution in [0.2, 0.25) is 0 Å². The Morgan fingerprint density at radius 1 is 1.00 bits per heavy atom. The van der Waals surface area contributed by atoms with Gasteiger partial charge in [0, 0.05) is 18.0 Å². The van der Waals surface area contributed by atoms with Crippen LogP contribution in [0.1, 0.15) is 11.1 Å². The highest BCUT2D eigenvalue weighted by atomic mass is 19.2. The van der Waals surface area contributed by atoms with Crippen LogP contribution in [0.5, 0.6) is 11.5 Å². The molecule has 0 radical (unpaired) electrons. The molecule has 0 bridgehead atoms. The fraction of sp³-hybridized carbons (Fsp3) is 0.190. The van der Waals surface area contributed by atoms with Crippen LogP contribution >= 0.6 is 0 Å². The van der Waals surface area contributed by atoms with E-state index in [1.165, 1.54) is 19.1 Å². The third-order valence-corrected chi connectivity index (χ3v) is 4.43. The Balaban J connectivity index is 1.94. The van der Waals surface area contributed by atoms with Crippen molar-refractivity contribution in [1.29, 1.82) is 0 Å². The number of halogens is 4. The second-order valence-corrected chi connectivity index (χ2v) is 6.51. The third-order valence-electron chi connectivity index (χ3n) is 4.43. The Labute approximate surface area is 170 Å². The van der Waals surface area contributed by atoms with E-state index < -0.39 is 23.3 Å². The molecule has 2 aromatic carbocycles. The average molecular weight is 421 g/mol. The Hall–Kier alpha value is -3.49. The van der Waals surface area contributed by atoms with Gasteiger partial charge in [-0.1, -0.05) is 6.58 Å². The standard InChI is InChI=1S/C21H19F4N3O2/c1-11-5-18(29-3)19(30-4)8-17(11)27-21-26-12(2)16(24)10-28(21)9-13-6-14(22)20(25)15(23)7-13/h5-8,10H,2,9H2,1,3-4H3,(H,26,27). The first-order valence-electron chi connectivity index (χ1n) is 8.78. The highest BCUT2D eigenvalue weighted by Crippen LogP contribution is 2.33. The van der Waals surface area contributed by atoms with E-state index in [0.717, 1.165) is 23.9 Å². The molecular formula is C21H19F4N3O2. The molecular weight excluding hydrogens is 402 g/mol. The van der Waals surface area contributed by atoms with Gasteiger partial charge in [-0.05, 0) is 36.2 Å². The lowest BCUT2D eigenvalue weighted by atomic mass is 10.1. The van der Waals surface area contributed by atoms with Crippen LogP contribution in [0, 0.1) is 24.4 Å².